The minimum atomic E-state index is -0.173. The van der Waals surface area contributed by atoms with Crippen molar-refractivity contribution in [2.24, 2.45) is 5.10 Å². The normalized spacial score (nSPS) is 15.4. The van der Waals surface area contributed by atoms with E-state index in [0.29, 0.717) is 17.0 Å². The molecule has 4 nitrogen and oxygen atoms in total. The quantitative estimate of drug-likeness (QED) is 0.680. The third-order valence-corrected chi connectivity index (χ3v) is 2.86. The number of Topliss-reactive ketones (excluding diaryl/α,β-unsaturated/α-hetero) is 1. The van der Waals surface area contributed by atoms with Crippen molar-refractivity contribution in [3.8, 4) is 0 Å². The highest BCUT2D eigenvalue weighted by atomic mass is 16.3. The first-order valence-electron chi connectivity index (χ1n) is 6.20. The smallest absolute Gasteiger partial charge is 0.230 e. The molecule has 0 radical (unpaired) electrons. The molecule has 98 valence electrons. The Morgan fingerprint density at radius 2 is 1.95 bits per heavy atom. The maximum absolute atomic E-state index is 12.2. The van der Waals surface area contributed by atoms with E-state index in [-0.39, 0.29) is 5.78 Å². The molecule has 0 unspecified atom stereocenters. The predicted molar refractivity (Wildman–Crippen MR) is 77.8 cm³/mol. The maximum Gasteiger partial charge on any atom is 0.230 e. The molecule has 4 heteroatoms. The van der Waals surface area contributed by atoms with Crippen molar-refractivity contribution in [1.29, 1.82) is 0 Å². The van der Waals surface area contributed by atoms with Gasteiger partial charge in [-0.25, -0.2) is 0 Å². The number of hydrazone groups is 1. The van der Waals surface area contributed by atoms with E-state index in [2.05, 4.69) is 10.5 Å². The summed E-state index contributed by atoms with van der Waals surface area (Å²) < 4.78 is 5.13. The zero-order chi connectivity index (χ0) is 13.8. The second-order valence-electron chi connectivity index (χ2n) is 4.22. The standard InChI is InChI=1S/C16H12N2O2/c19-16(15-10-5-11-20-15)13-8-4-9-14(13)18-17-12-6-2-1-3-7-12/h1-11,17H/b18-14+. The van der Waals surface area contributed by atoms with Crippen molar-refractivity contribution in [2.45, 2.75) is 0 Å². The highest BCUT2D eigenvalue weighted by Gasteiger charge is 2.20. The largest absolute Gasteiger partial charge is 0.461 e. The molecule has 1 aromatic heterocycles. The van der Waals surface area contributed by atoms with Crippen LogP contribution in [-0.4, -0.2) is 11.5 Å². The summed E-state index contributed by atoms with van der Waals surface area (Å²) in [5.74, 6) is 0.140. The first kappa shape index (κ1) is 12.2. The number of carbonyl (C=O) groups excluding carboxylic acids is 1. The van der Waals surface area contributed by atoms with Crippen LogP contribution in [0.1, 0.15) is 10.6 Å². The fraction of sp³-hybridized carbons (Fsp3) is 0. The summed E-state index contributed by atoms with van der Waals surface area (Å²) in [6.07, 6.45) is 6.79. The Hall–Kier alpha value is -2.88. The fourth-order valence-electron chi connectivity index (χ4n) is 1.88. The van der Waals surface area contributed by atoms with Crippen molar-refractivity contribution in [1.82, 2.24) is 0 Å². The molecular formula is C16H12N2O2. The van der Waals surface area contributed by atoms with E-state index in [9.17, 15) is 4.79 Å². The van der Waals surface area contributed by atoms with E-state index in [4.69, 9.17) is 4.42 Å². The number of anilines is 1. The third-order valence-electron chi connectivity index (χ3n) is 2.86. The maximum atomic E-state index is 12.2. The average molecular weight is 264 g/mol. The van der Waals surface area contributed by atoms with Crippen molar-refractivity contribution in [2.75, 3.05) is 5.43 Å². The van der Waals surface area contributed by atoms with Gasteiger partial charge in [0.05, 0.1) is 23.2 Å². The van der Waals surface area contributed by atoms with Gasteiger partial charge in [-0.1, -0.05) is 24.3 Å². The van der Waals surface area contributed by atoms with Crippen LogP contribution in [0, 0.1) is 0 Å². The monoisotopic (exact) mass is 264 g/mol. The van der Waals surface area contributed by atoms with Gasteiger partial charge in [-0.2, -0.15) is 5.10 Å². The molecule has 3 rings (SSSR count). The van der Waals surface area contributed by atoms with Crippen LogP contribution < -0.4 is 5.43 Å². The number of furan rings is 1. The molecule has 1 aliphatic carbocycles. The number of hydrogen-bond acceptors (Lipinski definition) is 4. The summed E-state index contributed by atoms with van der Waals surface area (Å²) in [7, 11) is 0. The summed E-state index contributed by atoms with van der Waals surface area (Å²) in [5, 5.41) is 4.25. The van der Waals surface area contributed by atoms with Crippen LogP contribution in [0.4, 0.5) is 5.69 Å². The Labute approximate surface area is 116 Å². The Balaban J connectivity index is 1.78. The first-order chi connectivity index (χ1) is 9.84. The van der Waals surface area contributed by atoms with Crippen molar-refractivity contribution >= 4 is 17.2 Å². The Bertz CT molecular complexity index is 695. The molecule has 0 saturated heterocycles. The highest BCUT2D eigenvalue weighted by molar-refractivity contribution is 6.32. The number of ketones is 1. The summed E-state index contributed by atoms with van der Waals surface area (Å²) in [4.78, 5) is 12.2. The van der Waals surface area contributed by atoms with Crippen LogP contribution in [-0.2, 0) is 0 Å². The van der Waals surface area contributed by atoms with E-state index in [0.717, 1.165) is 5.69 Å². The molecular weight excluding hydrogens is 252 g/mol. The molecule has 0 bridgehead atoms. The zero-order valence-electron chi connectivity index (χ0n) is 10.6. The number of hydrogen-bond donors (Lipinski definition) is 1. The highest BCUT2D eigenvalue weighted by Crippen LogP contribution is 2.16. The number of nitrogens with one attached hydrogen (secondary N) is 1. The lowest BCUT2D eigenvalue weighted by molar-refractivity contribution is 0.101. The van der Waals surface area contributed by atoms with Gasteiger partial charge in [-0.05, 0) is 36.4 Å². The van der Waals surface area contributed by atoms with Crippen LogP contribution >= 0.6 is 0 Å². The molecule has 0 fully saturated rings. The van der Waals surface area contributed by atoms with E-state index < -0.39 is 0 Å². The summed E-state index contributed by atoms with van der Waals surface area (Å²) in [6, 6.07) is 12.9. The number of allylic oxidation sites excluding steroid dienone is 4. The van der Waals surface area contributed by atoms with Gasteiger partial charge in [0.15, 0.2) is 5.76 Å². The summed E-state index contributed by atoms with van der Waals surface area (Å²) in [5.41, 5.74) is 4.91. The van der Waals surface area contributed by atoms with Gasteiger partial charge >= 0.3 is 0 Å². The van der Waals surface area contributed by atoms with Gasteiger partial charge < -0.3 is 4.42 Å². The second-order valence-corrected chi connectivity index (χ2v) is 4.22. The average Bonchev–Trinajstić information content (AvgIpc) is 3.17. The molecule has 2 aromatic rings. The molecule has 0 aliphatic heterocycles. The summed E-state index contributed by atoms with van der Waals surface area (Å²) >= 11 is 0. The van der Waals surface area contributed by atoms with Crippen molar-refractivity contribution in [3.63, 3.8) is 0 Å². The summed E-state index contributed by atoms with van der Waals surface area (Å²) in [6.45, 7) is 0. The molecule has 0 spiro atoms. The molecule has 0 atom stereocenters. The van der Waals surface area contributed by atoms with Crippen LogP contribution in [0.3, 0.4) is 0 Å². The molecule has 0 saturated carbocycles. The molecule has 1 heterocycles. The number of nitrogens with zero attached hydrogens (tertiary/aromatic N) is 1. The molecule has 1 aliphatic rings. The first-order valence-corrected chi connectivity index (χ1v) is 6.20. The molecule has 1 N–H and O–H groups in total. The topological polar surface area (TPSA) is 54.6 Å². The number of para-hydroxylation sites is 1. The SMILES string of the molecule is O=C(C1=CC=C/C1=N\Nc1ccccc1)c1ccco1. The van der Waals surface area contributed by atoms with Crippen molar-refractivity contribution in [3.05, 3.63) is 78.3 Å². The Kier molecular flexibility index (Phi) is 3.29. The lowest BCUT2D eigenvalue weighted by Crippen LogP contribution is -2.10. The van der Waals surface area contributed by atoms with Crippen LogP contribution in [0.5, 0.6) is 0 Å². The van der Waals surface area contributed by atoms with Crippen LogP contribution in [0.2, 0.25) is 0 Å². The van der Waals surface area contributed by atoms with Crippen LogP contribution in [0.25, 0.3) is 0 Å². The fourth-order valence-corrected chi connectivity index (χ4v) is 1.88. The third kappa shape index (κ3) is 2.44. The lowest BCUT2D eigenvalue weighted by atomic mass is 10.1. The zero-order valence-corrected chi connectivity index (χ0v) is 10.6. The van der Waals surface area contributed by atoms with Crippen molar-refractivity contribution < 1.29 is 9.21 Å². The van der Waals surface area contributed by atoms with E-state index >= 15 is 0 Å². The lowest BCUT2D eigenvalue weighted by Gasteiger charge is -2.03. The number of rotatable bonds is 4. The van der Waals surface area contributed by atoms with Gasteiger partial charge in [0.2, 0.25) is 5.78 Å². The van der Waals surface area contributed by atoms with Gasteiger partial charge in [-0.15, -0.1) is 0 Å². The Morgan fingerprint density at radius 3 is 2.70 bits per heavy atom. The van der Waals surface area contributed by atoms with Gasteiger partial charge in [-0.3, -0.25) is 10.2 Å². The second kappa shape index (κ2) is 5.40. The molecule has 0 amide bonds. The van der Waals surface area contributed by atoms with Gasteiger partial charge in [0, 0.05) is 0 Å². The minimum Gasteiger partial charge on any atom is -0.461 e. The van der Waals surface area contributed by atoms with E-state index in [1.54, 1.807) is 30.4 Å². The van der Waals surface area contributed by atoms with E-state index in [1.165, 1.54) is 6.26 Å². The van der Waals surface area contributed by atoms with Crippen LogP contribution in [0.15, 0.2) is 82.0 Å². The van der Waals surface area contributed by atoms with Gasteiger partial charge in [0.25, 0.3) is 0 Å². The Morgan fingerprint density at radius 1 is 1.10 bits per heavy atom. The molecule has 1 aromatic carbocycles. The molecule has 20 heavy (non-hydrogen) atoms. The van der Waals surface area contributed by atoms with E-state index in [1.807, 2.05) is 30.3 Å². The van der Waals surface area contributed by atoms with Gasteiger partial charge in [0.1, 0.15) is 0 Å². The number of benzene rings is 1. The minimum absolute atomic E-state index is 0.173. The predicted octanol–water partition coefficient (Wildman–Crippen LogP) is 3.43. The number of carbonyl (C=O) groups is 1.